The molecule has 7 heteroatoms. The second-order valence-corrected chi connectivity index (χ2v) is 6.94. The molecule has 2 N–H and O–H groups in total. The summed E-state index contributed by atoms with van der Waals surface area (Å²) < 4.78 is 2.08. The van der Waals surface area contributed by atoms with Gasteiger partial charge in [0.05, 0.1) is 5.56 Å². The lowest BCUT2D eigenvalue weighted by molar-refractivity contribution is 0.102. The van der Waals surface area contributed by atoms with Crippen molar-refractivity contribution in [2.24, 2.45) is 0 Å². The van der Waals surface area contributed by atoms with Crippen LogP contribution in [0.5, 0.6) is 0 Å². The van der Waals surface area contributed by atoms with Crippen molar-refractivity contribution in [2.75, 3.05) is 23.3 Å². The molecule has 1 aliphatic heterocycles. The average molecular weight is 364 g/mol. The van der Waals surface area contributed by atoms with Gasteiger partial charge in [0.25, 0.3) is 5.91 Å². The average Bonchev–Trinajstić information content (AvgIpc) is 3.27. The lowest BCUT2D eigenvalue weighted by Crippen LogP contribution is -2.30. The van der Waals surface area contributed by atoms with Gasteiger partial charge in [-0.2, -0.15) is 4.98 Å². The van der Waals surface area contributed by atoms with Gasteiger partial charge in [-0.3, -0.25) is 10.1 Å². The number of benzene rings is 1. The summed E-state index contributed by atoms with van der Waals surface area (Å²) >= 11 is 0. The molecule has 1 saturated heterocycles. The van der Waals surface area contributed by atoms with Gasteiger partial charge in [-0.05, 0) is 51.3 Å². The van der Waals surface area contributed by atoms with E-state index in [2.05, 4.69) is 30.0 Å². The second kappa shape index (κ2) is 7.26. The molecule has 0 spiro atoms. The van der Waals surface area contributed by atoms with E-state index in [-0.39, 0.29) is 5.91 Å². The number of carbonyl (C=O) groups excluding carboxylic acids is 1. The maximum Gasteiger partial charge on any atom is 0.259 e. The topological polar surface area (TPSA) is 78.8 Å². The first kappa shape index (κ1) is 17.3. The third kappa shape index (κ3) is 3.45. The zero-order valence-electron chi connectivity index (χ0n) is 15.7. The van der Waals surface area contributed by atoms with E-state index in [0.29, 0.717) is 17.5 Å². The zero-order valence-corrected chi connectivity index (χ0v) is 15.7. The van der Waals surface area contributed by atoms with Gasteiger partial charge in [0, 0.05) is 30.2 Å². The number of aromatic nitrogens is 4. The van der Waals surface area contributed by atoms with Crippen LogP contribution >= 0.6 is 0 Å². The summed E-state index contributed by atoms with van der Waals surface area (Å²) in [6, 6.07) is 11.9. The quantitative estimate of drug-likeness (QED) is 0.743. The Kier molecular flexibility index (Phi) is 4.66. The van der Waals surface area contributed by atoms with Crippen LogP contribution < -0.4 is 10.2 Å². The Morgan fingerprint density at radius 3 is 2.59 bits per heavy atom. The van der Waals surface area contributed by atoms with E-state index in [9.17, 15) is 4.79 Å². The Labute approximate surface area is 158 Å². The van der Waals surface area contributed by atoms with Crippen molar-refractivity contribution < 1.29 is 4.79 Å². The van der Waals surface area contributed by atoms with Gasteiger partial charge < -0.3 is 9.47 Å². The molecule has 1 aromatic carbocycles. The van der Waals surface area contributed by atoms with Crippen molar-refractivity contribution in [1.29, 1.82) is 0 Å². The van der Waals surface area contributed by atoms with Crippen LogP contribution in [-0.4, -0.2) is 38.7 Å². The fourth-order valence-electron chi connectivity index (χ4n) is 3.69. The highest BCUT2D eigenvalue weighted by atomic mass is 16.1. The van der Waals surface area contributed by atoms with E-state index in [1.807, 2.05) is 50.2 Å². The van der Waals surface area contributed by atoms with Crippen molar-refractivity contribution in [3.05, 3.63) is 53.3 Å². The van der Waals surface area contributed by atoms with Crippen molar-refractivity contribution in [2.45, 2.75) is 33.1 Å². The van der Waals surface area contributed by atoms with Crippen LogP contribution in [0, 0.1) is 13.8 Å². The van der Waals surface area contributed by atoms with Crippen molar-refractivity contribution in [3.8, 4) is 5.69 Å². The molecule has 140 valence electrons. The van der Waals surface area contributed by atoms with E-state index < -0.39 is 0 Å². The van der Waals surface area contributed by atoms with Crippen LogP contribution in [0.25, 0.3) is 5.69 Å². The molecule has 4 rings (SSSR count). The number of aryl methyl sites for hydroxylation is 1. The third-order valence-corrected chi connectivity index (χ3v) is 5.03. The first-order chi connectivity index (χ1) is 13.1. The lowest BCUT2D eigenvalue weighted by atomic mass is 10.1. The normalized spacial score (nSPS) is 14.4. The van der Waals surface area contributed by atoms with Gasteiger partial charge in [-0.15, -0.1) is 5.10 Å². The summed E-state index contributed by atoms with van der Waals surface area (Å²) in [4.78, 5) is 19.4. The molecule has 7 nitrogen and oxygen atoms in total. The minimum Gasteiger partial charge on any atom is -0.340 e. The molecule has 27 heavy (non-hydrogen) atoms. The van der Waals surface area contributed by atoms with Gasteiger partial charge in [-0.1, -0.05) is 18.2 Å². The summed E-state index contributed by atoms with van der Waals surface area (Å²) in [6.07, 6.45) is 3.56. The van der Waals surface area contributed by atoms with Crippen molar-refractivity contribution >= 4 is 17.8 Å². The predicted octanol–water partition coefficient (Wildman–Crippen LogP) is 3.45. The maximum atomic E-state index is 12.8. The third-order valence-electron chi connectivity index (χ3n) is 5.03. The van der Waals surface area contributed by atoms with Gasteiger partial charge in [0.1, 0.15) is 0 Å². The number of hydrogen-bond donors (Lipinski definition) is 2. The summed E-state index contributed by atoms with van der Waals surface area (Å²) in [6.45, 7) is 5.88. The van der Waals surface area contributed by atoms with E-state index >= 15 is 0 Å². The molecule has 0 unspecified atom stereocenters. The van der Waals surface area contributed by atoms with Crippen molar-refractivity contribution in [1.82, 2.24) is 19.7 Å². The Balaban J connectivity index is 1.53. The number of carbonyl (C=O) groups is 1. The minimum atomic E-state index is -0.188. The minimum absolute atomic E-state index is 0.188. The number of hydrogen-bond acceptors (Lipinski definition) is 4. The zero-order chi connectivity index (χ0) is 18.8. The largest absolute Gasteiger partial charge is 0.340 e. The smallest absolute Gasteiger partial charge is 0.259 e. The highest BCUT2D eigenvalue weighted by Crippen LogP contribution is 2.22. The fraction of sp³-hybridized carbons (Fsp3) is 0.350. The van der Waals surface area contributed by atoms with Crippen LogP contribution in [0.4, 0.5) is 11.9 Å². The van der Waals surface area contributed by atoms with E-state index in [1.165, 1.54) is 6.42 Å². The number of amides is 1. The molecule has 1 aliphatic rings. The Bertz CT molecular complexity index is 937. The standard InChI is InChI=1S/C20H24N6O/c1-14-13-17(15(2)26(14)16-9-5-3-6-10-16)18(27)21-19-22-20(24-23-19)25-11-7-4-8-12-25/h3,5-6,9-10,13H,4,7-8,11-12H2,1-2H3,(H2,21,22,23,24,27). The summed E-state index contributed by atoms with van der Waals surface area (Å²) in [5.74, 6) is 0.844. The molecular weight excluding hydrogens is 340 g/mol. The first-order valence-corrected chi connectivity index (χ1v) is 9.36. The van der Waals surface area contributed by atoms with Crippen molar-refractivity contribution in [3.63, 3.8) is 0 Å². The first-order valence-electron chi connectivity index (χ1n) is 9.36. The Hall–Kier alpha value is -3.09. The lowest BCUT2D eigenvalue weighted by Gasteiger charge is -2.24. The number of rotatable bonds is 4. The number of H-pyrrole nitrogens is 1. The molecule has 1 fully saturated rings. The molecule has 0 bridgehead atoms. The molecule has 1 amide bonds. The molecule has 0 aliphatic carbocycles. The summed E-state index contributed by atoms with van der Waals surface area (Å²) in [5.41, 5.74) is 3.58. The predicted molar refractivity (Wildman–Crippen MR) is 106 cm³/mol. The molecule has 0 atom stereocenters. The van der Waals surface area contributed by atoms with E-state index in [1.54, 1.807) is 0 Å². The summed E-state index contributed by atoms with van der Waals surface area (Å²) in [7, 11) is 0. The number of anilines is 2. The molecule has 3 heterocycles. The van der Waals surface area contributed by atoms with Crippen LogP contribution in [0.1, 0.15) is 41.0 Å². The second-order valence-electron chi connectivity index (χ2n) is 6.94. The van der Waals surface area contributed by atoms with Gasteiger partial charge >= 0.3 is 0 Å². The van der Waals surface area contributed by atoms with Crippen LogP contribution in [0.15, 0.2) is 36.4 Å². The molecule has 2 aromatic heterocycles. The molecule has 3 aromatic rings. The monoisotopic (exact) mass is 364 g/mol. The Morgan fingerprint density at radius 2 is 1.85 bits per heavy atom. The van der Waals surface area contributed by atoms with Gasteiger partial charge in [-0.25, -0.2) is 5.10 Å². The van der Waals surface area contributed by atoms with Gasteiger partial charge in [0.2, 0.25) is 11.9 Å². The van der Waals surface area contributed by atoms with Crippen LogP contribution in [0.3, 0.4) is 0 Å². The summed E-state index contributed by atoms with van der Waals surface area (Å²) in [5, 5.41) is 9.93. The van der Waals surface area contributed by atoms with Gasteiger partial charge in [0.15, 0.2) is 0 Å². The highest BCUT2D eigenvalue weighted by Gasteiger charge is 2.19. The number of nitrogens with one attached hydrogen (secondary N) is 2. The number of nitrogens with zero attached hydrogens (tertiary/aromatic N) is 4. The highest BCUT2D eigenvalue weighted by molar-refractivity contribution is 6.04. The number of aromatic amines is 1. The molecule has 0 radical (unpaired) electrons. The van der Waals surface area contributed by atoms with E-state index in [4.69, 9.17) is 0 Å². The SMILES string of the molecule is Cc1cc(C(=O)Nc2nc(N3CCCCC3)n[nH]2)c(C)n1-c1ccccc1. The molecular formula is C20H24N6O. The Morgan fingerprint density at radius 1 is 1.11 bits per heavy atom. The van der Waals surface area contributed by atoms with Crippen LogP contribution in [0.2, 0.25) is 0 Å². The van der Waals surface area contributed by atoms with Crippen LogP contribution in [-0.2, 0) is 0 Å². The molecule has 0 saturated carbocycles. The van der Waals surface area contributed by atoms with E-state index in [0.717, 1.165) is 43.0 Å². The maximum absolute atomic E-state index is 12.8. The number of piperidine rings is 1. The fourth-order valence-corrected chi connectivity index (χ4v) is 3.69. The number of para-hydroxylation sites is 1.